The molecule has 1 fully saturated rings. The molecule has 1 aromatic heterocycles. The molecule has 1 N–H and O–H groups in total. The molecule has 164 valence electrons. The first-order valence-electron chi connectivity index (χ1n) is 10.7. The lowest BCUT2D eigenvalue weighted by Crippen LogP contribution is -2.42. The van der Waals surface area contributed by atoms with Crippen molar-refractivity contribution < 1.29 is 13.2 Å². The van der Waals surface area contributed by atoms with Crippen LogP contribution in [0, 0.1) is 5.92 Å². The number of nitrogens with one attached hydrogen (secondary N) is 1. The van der Waals surface area contributed by atoms with E-state index in [4.69, 9.17) is 4.98 Å². The topological polar surface area (TPSA) is 79.4 Å². The summed E-state index contributed by atoms with van der Waals surface area (Å²) in [6, 6.07) is 10.0. The van der Waals surface area contributed by atoms with Crippen LogP contribution in [0.5, 0.6) is 0 Å². The smallest absolute Gasteiger partial charge is 0.229 e. The first-order chi connectivity index (χ1) is 14.3. The van der Waals surface area contributed by atoms with Crippen molar-refractivity contribution in [1.82, 2.24) is 9.29 Å². The predicted molar refractivity (Wildman–Crippen MR) is 123 cm³/mol. The summed E-state index contributed by atoms with van der Waals surface area (Å²) < 4.78 is 26.3. The molecule has 2 heterocycles. The maximum absolute atomic E-state index is 12.8. The van der Waals surface area contributed by atoms with Gasteiger partial charge in [0, 0.05) is 29.4 Å². The van der Waals surface area contributed by atoms with Gasteiger partial charge in [0.1, 0.15) is 0 Å². The normalized spacial score (nSPS) is 16.1. The molecule has 6 nitrogen and oxygen atoms in total. The van der Waals surface area contributed by atoms with Crippen molar-refractivity contribution in [3.05, 3.63) is 35.2 Å². The largest absolute Gasteiger partial charge is 0.302 e. The number of piperidine rings is 1. The summed E-state index contributed by atoms with van der Waals surface area (Å²) in [4.78, 5) is 18.7. The number of carbonyl (C=O) groups is 1. The third-order valence-corrected chi connectivity index (χ3v) is 8.66. The second-order valence-corrected chi connectivity index (χ2v) is 11.2. The summed E-state index contributed by atoms with van der Waals surface area (Å²) in [7, 11) is -3.20. The Bertz CT molecular complexity index is 947. The zero-order valence-electron chi connectivity index (χ0n) is 17.9. The van der Waals surface area contributed by atoms with Gasteiger partial charge in [-0.05, 0) is 25.2 Å². The summed E-state index contributed by atoms with van der Waals surface area (Å²) in [5.74, 6) is 0.248. The van der Waals surface area contributed by atoms with E-state index in [9.17, 15) is 13.2 Å². The molecule has 0 radical (unpaired) electrons. The van der Waals surface area contributed by atoms with E-state index in [2.05, 4.69) is 19.2 Å². The van der Waals surface area contributed by atoms with Crippen molar-refractivity contribution in [3.8, 4) is 11.3 Å². The fourth-order valence-electron chi connectivity index (χ4n) is 3.64. The van der Waals surface area contributed by atoms with Gasteiger partial charge in [0.15, 0.2) is 5.13 Å². The summed E-state index contributed by atoms with van der Waals surface area (Å²) in [6.45, 7) is 7.06. The van der Waals surface area contributed by atoms with Crippen molar-refractivity contribution in [2.45, 2.75) is 52.4 Å². The molecule has 8 heteroatoms. The lowest BCUT2D eigenvalue weighted by molar-refractivity contribution is -0.120. The number of hydrogen-bond donors (Lipinski definition) is 1. The first-order valence-corrected chi connectivity index (χ1v) is 13.1. The number of anilines is 1. The highest BCUT2D eigenvalue weighted by atomic mass is 32.2. The van der Waals surface area contributed by atoms with Crippen LogP contribution in [0.25, 0.3) is 11.3 Å². The minimum absolute atomic E-state index is 0.0655. The van der Waals surface area contributed by atoms with Crippen LogP contribution in [-0.2, 0) is 14.8 Å². The Hall–Kier alpha value is -1.77. The van der Waals surface area contributed by atoms with Crippen molar-refractivity contribution in [1.29, 1.82) is 0 Å². The molecule has 1 saturated heterocycles. The molecule has 3 rings (SSSR count). The van der Waals surface area contributed by atoms with E-state index in [0.717, 1.165) is 22.6 Å². The first kappa shape index (κ1) is 22.9. The number of rotatable bonds is 8. The molecule has 1 amide bonds. The lowest BCUT2D eigenvalue weighted by atomic mass is 9.97. The van der Waals surface area contributed by atoms with Gasteiger partial charge in [-0.1, -0.05) is 57.5 Å². The SMILES string of the molecule is CCCCS(=O)(=O)N1CCC(C(=O)Nc2nc(-c3ccccc3)c(C(C)C)s2)CC1. The van der Waals surface area contributed by atoms with E-state index in [1.165, 1.54) is 11.3 Å². The van der Waals surface area contributed by atoms with E-state index in [1.54, 1.807) is 4.31 Å². The standard InChI is InChI=1S/C22H31N3O3S2/c1-4-5-15-30(27,28)25-13-11-18(12-14-25)21(26)24-22-23-19(20(29-22)16(2)3)17-9-7-6-8-10-17/h6-10,16,18H,4-5,11-15H2,1-3H3,(H,23,24,26). The Morgan fingerprint density at radius 1 is 1.23 bits per heavy atom. The summed E-state index contributed by atoms with van der Waals surface area (Å²) >= 11 is 1.52. The number of amides is 1. The fourth-order valence-corrected chi connectivity index (χ4v) is 6.31. The van der Waals surface area contributed by atoms with Crippen molar-refractivity contribution in [2.75, 3.05) is 24.2 Å². The fraction of sp³-hybridized carbons (Fsp3) is 0.545. The molecule has 30 heavy (non-hydrogen) atoms. The van der Waals surface area contributed by atoms with E-state index < -0.39 is 10.0 Å². The second kappa shape index (κ2) is 10.0. The molecule has 0 aliphatic carbocycles. The van der Waals surface area contributed by atoms with Gasteiger partial charge in [0.25, 0.3) is 0 Å². The van der Waals surface area contributed by atoms with E-state index >= 15 is 0 Å². The van der Waals surface area contributed by atoms with E-state index in [0.29, 0.717) is 43.4 Å². The highest BCUT2D eigenvalue weighted by molar-refractivity contribution is 7.89. The van der Waals surface area contributed by atoms with Crippen LogP contribution in [0.3, 0.4) is 0 Å². The van der Waals surface area contributed by atoms with Gasteiger partial charge in [0.2, 0.25) is 15.9 Å². The van der Waals surface area contributed by atoms with Crippen LogP contribution in [0.2, 0.25) is 0 Å². The molecule has 0 atom stereocenters. The second-order valence-electron chi connectivity index (χ2n) is 8.08. The zero-order valence-corrected chi connectivity index (χ0v) is 19.6. The highest BCUT2D eigenvalue weighted by Crippen LogP contribution is 2.36. The van der Waals surface area contributed by atoms with Crippen molar-refractivity contribution in [3.63, 3.8) is 0 Å². The molecule has 0 saturated carbocycles. The number of aromatic nitrogens is 1. The van der Waals surface area contributed by atoms with E-state index in [-0.39, 0.29) is 17.6 Å². The zero-order chi connectivity index (χ0) is 21.7. The molecule has 1 aliphatic heterocycles. The van der Waals surface area contributed by atoms with Gasteiger partial charge < -0.3 is 5.32 Å². The lowest BCUT2D eigenvalue weighted by Gasteiger charge is -2.30. The number of sulfonamides is 1. The molecule has 2 aromatic rings. The average Bonchev–Trinajstić information content (AvgIpc) is 3.17. The number of benzene rings is 1. The number of unbranched alkanes of at least 4 members (excludes halogenated alkanes) is 1. The maximum Gasteiger partial charge on any atom is 0.229 e. The van der Waals surface area contributed by atoms with Crippen molar-refractivity contribution >= 4 is 32.4 Å². The Balaban J connectivity index is 1.65. The number of hydrogen-bond acceptors (Lipinski definition) is 5. The molecule has 0 bridgehead atoms. The van der Waals surface area contributed by atoms with Crippen LogP contribution in [-0.4, -0.2) is 42.5 Å². The van der Waals surface area contributed by atoms with Crippen LogP contribution >= 0.6 is 11.3 Å². The average molecular weight is 450 g/mol. The summed E-state index contributed by atoms with van der Waals surface area (Å²) in [6.07, 6.45) is 2.63. The van der Waals surface area contributed by atoms with Crippen LogP contribution < -0.4 is 5.32 Å². The summed E-state index contributed by atoms with van der Waals surface area (Å²) in [5, 5.41) is 3.60. The van der Waals surface area contributed by atoms with Gasteiger partial charge in [0.05, 0.1) is 11.4 Å². The highest BCUT2D eigenvalue weighted by Gasteiger charge is 2.31. The molecule has 1 aliphatic rings. The third kappa shape index (κ3) is 5.47. The number of thiazole rings is 1. The molecule has 0 unspecified atom stereocenters. The van der Waals surface area contributed by atoms with Gasteiger partial charge in [-0.3, -0.25) is 4.79 Å². The van der Waals surface area contributed by atoms with Gasteiger partial charge in [-0.15, -0.1) is 11.3 Å². The molecule has 0 spiro atoms. The third-order valence-electron chi connectivity index (χ3n) is 5.43. The van der Waals surface area contributed by atoms with E-state index in [1.807, 2.05) is 37.3 Å². The summed E-state index contributed by atoms with van der Waals surface area (Å²) in [5.41, 5.74) is 1.96. The van der Waals surface area contributed by atoms with Crippen LogP contribution in [0.15, 0.2) is 30.3 Å². The maximum atomic E-state index is 12.8. The Kier molecular flexibility index (Phi) is 7.65. The predicted octanol–water partition coefficient (Wildman–Crippen LogP) is 4.71. The van der Waals surface area contributed by atoms with Crippen LogP contribution in [0.4, 0.5) is 5.13 Å². The molecule has 1 aromatic carbocycles. The molecular formula is C22H31N3O3S2. The minimum atomic E-state index is -3.20. The Morgan fingerprint density at radius 3 is 2.50 bits per heavy atom. The Morgan fingerprint density at radius 2 is 1.90 bits per heavy atom. The van der Waals surface area contributed by atoms with Gasteiger partial charge >= 0.3 is 0 Å². The van der Waals surface area contributed by atoms with Crippen LogP contribution in [0.1, 0.15) is 57.2 Å². The Labute approximate surface area is 183 Å². The van der Waals surface area contributed by atoms with Gasteiger partial charge in [-0.2, -0.15) is 0 Å². The number of nitrogens with zero attached hydrogens (tertiary/aromatic N) is 2. The van der Waals surface area contributed by atoms with Crippen molar-refractivity contribution in [2.24, 2.45) is 5.92 Å². The minimum Gasteiger partial charge on any atom is -0.302 e. The quantitative estimate of drug-likeness (QED) is 0.633. The monoisotopic (exact) mass is 449 g/mol. The number of carbonyl (C=O) groups excluding carboxylic acids is 1. The van der Waals surface area contributed by atoms with Gasteiger partial charge in [-0.25, -0.2) is 17.7 Å². The molecular weight excluding hydrogens is 418 g/mol.